The second kappa shape index (κ2) is 16.3. The highest BCUT2D eigenvalue weighted by Gasteiger charge is 2.66. The van der Waals surface area contributed by atoms with Crippen LogP contribution in [0.2, 0.25) is 15.5 Å². The molecule has 2 unspecified atom stereocenters. The summed E-state index contributed by atoms with van der Waals surface area (Å²) in [6.07, 6.45) is 3.73. The maximum absolute atomic E-state index is 15.3. The number of nitrogens with one attached hydrogen (secondary N) is 4. The van der Waals surface area contributed by atoms with Crippen LogP contribution in [0.5, 0.6) is 5.75 Å². The lowest BCUT2D eigenvalue weighted by Gasteiger charge is -2.62. The number of ether oxygens (including phenoxy) is 3. The maximum Gasteiger partial charge on any atom is 0.407 e. The minimum absolute atomic E-state index is 0.0316. The Bertz CT molecular complexity index is 2800. The van der Waals surface area contributed by atoms with Gasteiger partial charge in [-0.05, 0) is 77.9 Å². The summed E-state index contributed by atoms with van der Waals surface area (Å²) in [6.45, 7) is 4.77. The Kier molecular flexibility index (Phi) is 11.3. The number of fused-ring (bicyclic) bond motifs is 7. The van der Waals surface area contributed by atoms with Crippen molar-refractivity contribution in [2.45, 2.75) is 91.2 Å². The van der Waals surface area contributed by atoms with E-state index in [0.29, 0.717) is 19.0 Å². The number of carbonyl (C=O) groups is 4. The Morgan fingerprint density at radius 2 is 1.70 bits per heavy atom. The molecular weight excluding hydrogens is 827 g/mol. The topological polar surface area (TPSA) is 184 Å². The summed E-state index contributed by atoms with van der Waals surface area (Å²) in [4.78, 5) is 75.0. The number of likely N-dealkylation sites (tertiary alicyclic amines) is 1. The van der Waals surface area contributed by atoms with Crippen LogP contribution in [-0.2, 0) is 25.7 Å². The largest absolute Gasteiger partial charge is 0.488 e. The van der Waals surface area contributed by atoms with Crippen LogP contribution in [0.3, 0.4) is 0 Å². The molecule has 6 heterocycles. The van der Waals surface area contributed by atoms with E-state index in [4.69, 9.17) is 24.2 Å². The lowest BCUT2D eigenvalue weighted by Crippen LogP contribution is -2.71. The molecule has 0 spiro atoms. The first-order chi connectivity index (χ1) is 31.2. The molecular formula is C43H56B8N8O7. The van der Waals surface area contributed by atoms with Crippen molar-refractivity contribution in [2.24, 2.45) is 5.92 Å². The van der Waals surface area contributed by atoms with Crippen molar-refractivity contribution in [1.29, 1.82) is 0 Å². The molecule has 0 aliphatic carbocycles. The average Bonchev–Trinajstić information content (AvgIpc) is 4.11. The van der Waals surface area contributed by atoms with Crippen LogP contribution in [0.15, 0.2) is 48.7 Å². The number of benzene rings is 3. The van der Waals surface area contributed by atoms with Gasteiger partial charge in [0.2, 0.25) is 11.8 Å². The summed E-state index contributed by atoms with van der Waals surface area (Å²) < 4.78 is 16.4. The SMILES string of the molecule is BC(B)(B)C1(B)C(B)(B)B[C@H]2CC[C@@H](c3nc4ccc5cc6c(cc5c4[nH]3)OCc3cc(-c4cnc([C@@H]5CCCN5C(=O)C(NC(=O)OC)C(C)C)[nH]4)ccc3-6)N2C(=O)[C@@]1(B)NC(=O)OC. The highest BCUT2D eigenvalue weighted by Crippen LogP contribution is 2.65. The molecule has 0 bridgehead atoms. The van der Waals surface area contributed by atoms with Crippen molar-refractivity contribution in [2.75, 3.05) is 20.8 Å². The van der Waals surface area contributed by atoms with Gasteiger partial charge in [0.15, 0.2) is 0 Å². The van der Waals surface area contributed by atoms with Gasteiger partial charge in [0.1, 0.15) is 53.0 Å². The van der Waals surface area contributed by atoms with E-state index in [0.717, 1.165) is 94.3 Å². The normalized spacial score (nSPS) is 25.0. The van der Waals surface area contributed by atoms with Gasteiger partial charge in [-0.2, -0.15) is 0 Å². The van der Waals surface area contributed by atoms with Gasteiger partial charge in [0, 0.05) is 23.4 Å². The van der Waals surface area contributed by atoms with E-state index in [1.165, 1.54) is 14.2 Å². The number of H-pyrrole nitrogens is 2. The third kappa shape index (κ3) is 7.12. The maximum atomic E-state index is 15.3. The predicted molar refractivity (Wildman–Crippen MR) is 275 cm³/mol. The minimum Gasteiger partial charge on any atom is -0.488 e. The molecule has 15 nitrogen and oxygen atoms in total. The van der Waals surface area contributed by atoms with Crippen molar-refractivity contribution in [3.8, 4) is 28.1 Å². The standard InChI is InChI=1S/C43H56B8N8O7/c1-19(2)32(56-38(62)64-3)36(60)58-13-5-6-28(58)34-52-17-27(54-34)21-7-9-23-22(14-21)18-66-30-16-24-20(15-25(23)30)8-10-26-33(24)55-35(53-26)29-11-12-31-51-43(49,50)41(45,42(46,47)48)40(44,37(61)59(29)31)57-39(63)65-4/h7-10,14-17,19,28-29,31-32,51H,5-6,11-13,18,44-50H2,1-4H3,(H,52,54)(H,53,55)(H,56,62)(H,57,63)/t28-,29-,31+,32?,40+,41?/m0/s1. The molecule has 3 fully saturated rings. The second-order valence-electron chi connectivity index (χ2n) is 21.2. The summed E-state index contributed by atoms with van der Waals surface area (Å²) >= 11 is 0. The van der Waals surface area contributed by atoms with E-state index in [-0.39, 0.29) is 46.0 Å². The van der Waals surface area contributed by atoms with Gasteiger partial charge in [0.25, 0.3) is 0 Å². The van der Waals surface area contributed by atoms with Gasteiger partial charge in [-0.1, -0.05) is 37.4 Å². The van der Waals surface area contributed by atoms with E-state index in [9.17, 15) is 14.4 Å². The van der Waals surface area contributed by atoms with Gasteiger partial charge in [-0.25, -0.2) is 19.6 Å². The number of carbonyl (C=O) groups excluding carboxylic acids is 4. The number of hydrogen-bond acceptors (Lipinski definition) is 9. The molecule has 66 heavy (non-hydrogen) atoms. The molecule has 9 rings (SSSR count). The van der Waals surface area contributed by atoms with Crippen molar-refractivity contribution < 1.29 is 33.4 Å². The van der Waals surface area contributed by atoms with Gasteiger partial charge in [-0.15, -0.1) is 10.2 Å². The number of aromatic amines is 2. The lowest BCUT2D eigenvalue weighted by molar-refractivity contribution is -0.138. The summed E-state index contributed by atoms with van der Waals surface area (Å²) in [5.41, 5.74) is 5.33. The van der Waals surface area contributed by atoms with Gasteiger partial charge < -0.3 is 44.6 Å². The predicted octanol–water partition coefficient (Wildman–Crippen LogP) is -1.06. The van der Waals surface area contributed by atoms with E-state index < -0.39 is 29.0 Å². The molecule has 4 aliphatic rings. The third-order valence-electron chi connectivity index (χ3n) is 16.1. The summed E-state index contributed by atoms with van der Waals surface area (Å²) in [5.74, 6) is 1.80. The van der Waals surface area contributed by atoms with Gasteiger partial charge in [0.05, 0.1) is 93.9 Å². The number of alkyl carbamates (subject to hydrolysis) is 2. The summed E-state index contributed by atoms with van der Waals surface area (Å²) in [5, 5.41) is 6.42. The Balaban J connectivity index is 0.996. The molecule has 3 saturated heterocycles. The molecule has 0 saturated carbocycles. The van der Waals surface area contributed by atoms with Crippen molar-refractivity contribution in [1.82, 2.24) is 40.4 Å². The van der Waals surface area contributed by atoms with Gasteiger partial charge in [-0.3, -0.25) is 9.59 Å². The monoisotopic (exact) mass is 885 g/mol. The summed E-state index contributed by atoms with van der Waals surface area (Å²) in [7, 11) is 18.4. The Morgan fingerprint density at radius 3 is 2.41 bits per heavy atom. The van der Waals surface area contributed by atoms with E-state index in [2.05, 4.69) is 104 Å². The number of hydrogen-bond donors (Lipinski definition) is 4. The van der Waals surface area contributed by atoms with Crippen LogP contribution >= 0.6 is 0 Å². The molecule has 0 radical (unpaired) electrons. The number of methoxy groups -OCH3 is 2. The zero-order valence-corrected chi connectivity index (χ0v) is 40.1. The molecule has 2 aromatic heterocycles. The Hall–Kier alpha value is -5.60. The number of rotatable bonds is 8. The smallest absolute Gasteiger partial charge is 0.407 e. The zero-order chi connectivity index (χ0) is 47.2. The Labute approximate surface area is 392 Å². The Morgan fingerprint density at radius 1 is 0.939 bits per heavy atom. The molecule has 4 amide bonds. The van der Waals surface area contributed by atoms with Crippen molar-refractivity contribution in [3.63, 3.8) is 0 Å². The van der Waals surface area contributed by atoms with E-state index >= 15 is 4.79 Å². The minimum atomic E-state index is -1.28. The lowest BCUT2D eigenvalue weighted by atomic mass is 9.08. The van der Waals surface area contributed by atoms with Crippen LogP contribution < -0.4 is 15.4 Å². The van der Waals surface area contributed by atoms with Crippen molar-refractivity contribution in [3.05, 3.63) is 65.9 Å². The van der Waals surface area contributed by atoms with Crippen molar-refractivity contribution >= 4 is 108 Å². The van der Waals surface area contributed by atoms with E-state index in [1.54, 1.807) is 0 Å². The fourth-order valence-electron chi connectivity index (χ4n) is 12.3. The molecule has 5 aromatic rings. The first kappa shape index (κ1) is 45.6. The number of nitrogens with zero attached hydrogens (tertiary/aromatic N) is 4. The molecule has 23 heteroatoms. The number of amides is 4. The summed E-state index contributed by atoms with van der Waals surface area (Å²) in [6, 6.07) is 13.5. The fourth-order valence-corrected chi connectivity index (χ4v) is 12.3. The first-order valence-corrected chi connectivity index (χ1v) is 23.3. The molecule has 4 aliphatic heterocycles. The first-order valence-electron chi connectivity index (χ1n) is 23.3. The van der Waals surface area contributed by atoms with Crippen LogP contribution in [0.25, 0.3) is 44.2 Å². The molecule has 3 aromatic carbocycles. The van der Waals surface area contributed by atoms with Gasteiger partial charge >= 0.3 is 12.2 Å². The zero-order valence-electron chi connectivity index (χ0n) is 40.1. The highest BCUT2D eigenvalue weighted by atomic mass is 16.5. The van der Waals surface area contributed by atoms with Crippen LogP contribution in [0, 0.1) is 5.92 Å². The average molecular weight is 883 g/mol. The third-order valence-corrected chi connectivity index (χ3v) is 16.1. The fraction of sp³-hybridized carbons (Fsp3) is 0.442. The number of aromatic nitrogens is 4. The second-order valence-corrected chi connectivity index (χ2v) is 21.2. The van der Waals surface area contributed by atoms with Crippen LogP contribution in [0.4, 0.5) is 9.59 Å². The quantitative estimate of drug-likeness (QED) is 0.141. The highest BCUT2D eigenvalue weighted by molar-refractivity contribution is 6.76. The molecule has 6 atom stereocenters. The number of imidazole rings is 2. The molecule has 334 valence electrons. The van der Waals surface area contributed by atoms with Crippen LogP contribution in [0.1, 0.15) is 68.8 Å². The molecule has 4 N–H and O–H groups in total. The van der Waals surface area contributed by atoms with E-state index in [1.807, 2.05) is 43.8 Å². The van der Waals surface area contributed by atoms with Crippen LogP contribution in [-0.4, -0.2) is 154 Å².